The van der Waals surface area contributed by atoms with Gasteiger partial charge in [-0.1, -0.05) is 32.9 Å². The molecule has 34 heavy (non-hydrogen) atoms. The van der Waals surface area contributed by atoms with Gasteiger partial charge in [0.1, 0.15) is 22.8 Å². The number of carbonyl (C=O) groups excluding carboxylic acids is 2. The molecule has 4 rings (SSSR count). The van der Waals surface area contributed by atoms with Gasteiger partial charge in [-0.2, -0.15) is 0 Å². The normalized spacial score (nSPS) is 17.2. The van der Waals surface area contributed by atoms with Crippen molar-refractivity contribution in [3.8, 4) is 17.2 Å². The van der Waals surface area contributed by atoms with Crippen LogP contribution in [0.5, 0.6) is 17.2 Å². The van der Waals surface area contributed by atoms with Crippen molar-refractivity contribution in [1.82, 2.24) is 4.90 Å². The maximum atomic E-state index is 12.8. The maximum Gasteiger partial charge on any atom is 0.222 e. The van der Waals surface area contributed by atoms with E-state index >= 15 is 0 Å². The predicted molar refractivity (Wildman–Crippen MR) is 131 cm³/mol. The Kier molecular flexibility index (Phi) is 6.87. The van der Waals surface area contributed by atoms with E-state index in [0.717, 1.165) is 5.75 Å². The first-order chi connectivity index (χ1) is 16.2. The number of nitrogens with zero attached hydrogens (tertiary/aromatic N) is 1. The highest BCUT2D eigenvalue weighted by molar-refractivity contribution is 6.00. The van der Waals surface area contributed by atoms with Crippen LogP contribution in [0.2, 0.25) is 0 Å². The SMILES string of the molecule is COc1ccc2c(c1)C(=O)CC1(CCN(C(=O)CCCOc3ccc(C(C)(C)C)cc3)CC1)O2. The number of fused-ring (bicyclic) bond motifs is 1. The molecule has 182 valence electrons. The van der Waals surface area contributed by atoms with Crippen LogP contribution in [0.4, 0.5) is 0 Å². The number of likely N-dealkylation sites (tertiary alicyclic amines) is 1. The average molecular weight is 466 g/mol. The molecule has 1 fully saturated rings. The van der Waals surface area contributed by atoms with Gasteiger partial charge in [-0.25, -0.2) is 0 Å². The van der Waals surface area contributed by atoms with Crippen molar-refractivity contribution in [2.24, 2.45) is 0 Å². The van der Waals surface area contributed by atoms with E-state index in [2.05, 4.69) is 32.9 Å². The lowest BCUT2D eigenvalue weighted by Crippen LogP contribution is -2.52. The molecule has 0 saturated carbocycles. The monoisotopic (exact) mass is 465 g/mol. The second-order valence-electron chi connectivity index (χ2n) is 10.4. The molecule has 1 amide bonds. The summed E-state index contributed by atoms with van der Waals surface area (Å²) in [4.78, 5) is 27.4. The molecule has 0 bridgehead atoms. The Bertz CT molecular complexity index is 1030. The maximum absolute atomic E-state index is 12.8. The van der Waals surface area contributed by atoms with E-state index < -0.39 is 5.60 Å². The van der Waals surface area contributed by atoms with E-state index in [1.54, 1.807) is 19.2 Å². The van der Waals surface area contributed by atoms with Crippen LogP contribution in [-0.4, -0.2) is 49.0 Å². The molecule has 2 aromatic carbocycles. The molecule has 2 aliphatic rings. The van der Waals surface area contributed by atoms with E-state index in [-0.39, 0.29) is 17.1 Å². The summed E-state index contributed by atoms with van der Waals surface area (Å²) in [5, 5.41) is 0. The Morgan fingerprint density at radius 3 is 2.38 bits per heavy atom. The Hall–Kier alpha value is -3.02. The number of piperidine rings is 1. The van der Waals surface area contributed by atoms with Gasteiger partial charge < -0.3 is 19.1 Å². The van der Waals surface area contributed by atoms with E-state index in [9.17, 15) is 9.59 Å². The first kappa shape index (κ1) is 24.1. The minimum atomic E-state index is -0.516. The third kappa shape index (κ3) is 5.37. The van der Waals surface area contributed by atoms with Gasteiger partial charge in [0.25, 0.3) is 0 Å². The molecule has 0 N–H and O–H groups in total. The number of Topliss-reactive ketones (excluding diaryl/α,β-unsaturated/α-hetero) is 1. The van der Waals surface area contributed by atoms with Crippen LogP contribution in [0.15, 0.2) is 42.5 Å². The number of methoxy groups -OCH3 is 1. The molecular weight excluding hydrogens is 430 g/mol. The number of benzene rings is 2. The number of hydrogen-bond donors (Lipinski definition) is 0. The fourth-order valence-corrected chi connectivity index (χ4v) is 4.67. The number of carbonyl (C=O) groups is 2. The topological polar surface area (TPSA) is 65.1 Å². The lowest BCUT2D eigenvalue weighted by Gasteiger charge is -2.44. The number of rotatable bonds is 6. The van der Waals surface area contributed by atoms with Crippen LogP contribution in [0.25, 0.3) is 0 Å². The van der Waals surface area contributed by atoms with Crippen molar-refractivity contribution in [3.63, 3.8) is 0 Å². The molecule has 0 radical (unpaired) electrons. The minimum absolute atomic E-state index is 0.0765. The average Bonchev–Trinajstić information content (AvgIpc) is 2.82. The third-order valence-corrected chi connectivity index (χ3v) is 6.85. The second-order valence-corrected chi connectivity index (χ2v) is 10.4. The summed E-state index contributed by atoms with van der Waals surface area (Å²) in [7, 11) is 1.58. The first-order valence-electron chi connectivity index (χ1n) is 12.1. The van der Waals surface area contributed by atoms with Crippen LogP contribution in [0, 0.1) is 0 Å². The fourth-order valence-electron chi connectivity index (χ4n) is 4.67. The van der Waals surface area contributed by atoms with Gasteiger partial charge in [0.05, 0.1) is 25.7 Å². The molecular formula is C28H35NO5. The highest BCUT2D eigenvalue weighted by Crippen LogP contribution is 2.40. The third-order valence-electron chi connectivity index (χ3n) is 6.85. The van der Waals surface area contributed by atoms with E-state index in [1.165, 1.54) is 5.56 Å². The molecule has 2 aromatic rings. The minimum Gasteiger partial charge on any atom is -0.497 e. The Balaban J connectivity index is 1.23. The molecule has 0 aromatic heterocycles. The lowest BCUT2D eigenvalue weighted by molar-refractivity contribution is -0.135. The predicted octanol–water partition coefficient (Wildman–Crippen LogP) is 5.18. The largest absolute Gasteiger partial charge is 0.497 e. The zero-order valence-corrected chi connectivity index (χ0v) is 20.7. The summed E-state index contributed by atoms with van der Waals surface area (Å²) in [5.74, 6) is 2.31. The first-order valence-corrected chi connectivity index (χ1v) is 12.1. The lowest BCUT2D eigenvalue weighted by atomic mass is 9.82. The van der Waals surface area contributed by atoms with Gasteiger partial charge in [-0.3, -0.25) is 9.59 Å². The van der Waals surface area contributed by atoms with E-state index in [4.69, 9.17) is 14.2 Å². The van der Waals surface area contributed by atoms with Crippen molar-refractivity contribution in [3.05, 3.63) is 53.6 Å². The van der Waals surface area contributed by atoms with Crippen LogP contribution in [-0.2, 0) is 10.2 Å². The number of hydrogen-bond acceptors (Lipinski definition) is 5. The molecule has 2 heterocycles. The number of amides is 1. The van der Waals surface area contributed by atoms with Crippen molar-refractivity contribution in [1.29, 1.82) is 0 Å². The molecule has 0 unspecified atom stereocenters. The fraction of sp³-hybridized carbons (Fsp3) is 0.500. The molecule has 1 spiro atoms. The quantitative estimate of drug-likeness (QED) is 0.550. The zero-order valence-electron chi connectivity index (χ0n) is 20.7. The molecule has 0 atom stereocenters. The summed E-state index contributed by atoms with van der Waals surface area (Å²) in [6.07, 6.45) is 2.79. The van der Waals surface area contributed by atoms with Crippen LogP contribution >= 0.6 is 0 Å². The summed E-state index contributed by atoms with van der Waals surface area (Å²) >= 11 is 0. The molecule has 0 aliphatic carbocycles. The summed E-state index contributed by atoms with van der Waals surface area (Å²) in [5.41, 5.74) is 1.45. The molecule has 6 heteroatoms. The number of ketones is 1. The standard InChI is InChI=1S/C28H35NO5/c1-27(2,3)20-7-9-21(10-8-20)33-17-5-6-26(31)29-15-13-28(14-16-29)19-24(30)23-18-22(32-4)11-12-25(23)34-28/h7-12,18H,5-6,13-17,19H2,1-4H3. The Morgan fingerprint density at radius 2 is 1.74 bits per heavy atom. The summed E-state index contributed by atoms with van der Waals surface area (Å²) in [6, 6.07) is 13.5. The van der Waals surface area contributed by atoms with Crippen LogP contribution < -0.4 is 14.2 Å². The van der Waals surface area contributed by atoms with E-state index in [1.807, 2.05) is 23.1 Å². The van der Waals surface area contributed by atoms with Gasteiger partial charge in [-0.15, -0.1) is 0 Å². The number of ether oxygens (including phenoxy) is 3. The highest BCUT2D eigenvalue weighted by atomic mass is 16.5. The second kappa shape index (κ2) is 9.69. The van der Waals surface area contributed by atoms with Crippen molar-refractivity contribution < 1.29 is 23.8 Å². The Morgan fingerprint density at radius 1 is 1.06 bits per heavy atom. The van der Waals surface area contributed by atoms with E-state index in [0.29, 0.717) is 68.9 Å². The van der Waals surface area contributed by atoms with Crippen LogP contribution in [0.3, 0.4) is 0 Å². The van der Waals surface area contributed by atoms with Crippen LogP contribution in [0.1, 0.15) is 68.8 Å². The van der Waals surface area contributed by atoms with Crippen molar-refractivity contribution in [2.45, 2.75) is 63.9 Å². The summed E-state index contributed by atoms with van der Waals surface area (Å²) in [6.45, 7) is 8.28. The zero-order chi connectivity index (χ0) is 24.3. The van der Waals surface area contributed by atoms with Gasteiger partial charge in [-0.05, 0) is 47.7 Å². The van der Waals surface area contributed by atoms with Crippen molar-refractivity contribution >= 4 is 11.7 Å². The smallest absolute Gasteiger partial charge is 0.222 e. The molecule has 2 aliphatic heterocycles. The van der Waals surface area contributed by atoms with Gasteiger partial charge in [0, 0.05) is 32.4 Å². The van der Waals surface area contributed by atoms with Crippen molar-refractivity contribution in [2.75, 3.05) is 26.8 Å². The molecule has 6 nitrogen and oxygen atoms in total. The Labute approximate surface area is 202 Å². The van der Waals surface area contributed by atoms with Gasteiger partial charge in [0.2, 0.25) is 5.91 Å². The summed E-state index contributed by atoms with van der Waals surface area (Å²) < 4.78 is 17.4. The highest BCUT2D eigenvalue weighted by Gasteiger charge is 2.43. The molecule has 1 saturated heterocycles. The van der Waals surface area contributed by atoms with Gasteiger partial charge in [0.15, 0.2) is 5.78 Å². The van der Waals surface area contributed by atoms with Gasteiger partial charge >= 0.3 is 0 Å².